The van der Waals surface area contributed by atoms with Crippen LogP contribution in [0.25, 0.3) is 0 Å². The molecule has 0 radical (unpaired) electrons. The van der Waals surface area contributed by atoms with Crippen molar-refractivity contribution in [2.24, 2.45) is 0 Å². The van der Waals surface area contributed by atoms with Crippen LogP contribution in [0.15, 0.2) is 48.6 Å². The van der Waals surface area contributed by atoms with Crippen LogP contribution in [0, 0.1) is 0 Å². The van der Waals surface area contributed by atoms with Crippen LogP contribution in [0.5, 0.6) is 0 Å². The van der Waals surface area contributed by atoms with E-state index in [9.17, 15) is 30.0 Å². The van der Waals surface area contributed by atoms with Gasteiger partial charge >= 0.3 is 11.9 Å². The highest BCUT2D eigenvalue weighted by Crippen LogP contribution is 2.22. The fourth-order valence-electron chi connectivity index (χ4n) is 6.21. The van der Waals surface area contributed by atoms with Gasteiger partial charge in [-0.2, -0.15) is 0 Å². The molecule has 0 aromatic heterocycles. The SMILES string of the molecule is CCCCC/C=C/C/C=C/CCCCCCCC(=O)OC[C@@H](CO[C@H]1O[C@@H](CO)[C@@H](O)C(O)C1O)OC(=O)CCCCCCC/C=C/C=C/CCCCCC. The molecule has 55 heavy (non-hydrogen) atoms. The molecule has 0 aromatic carbocycles. The molecule has 318 valence electrons. The van der Waals surface area contributed by atoms with Gasteiger partial charge in [0.2, 0.25) is 0 Å². The van der Waals surface area contributed by atoms with Crippen molar-refractivity contribution in [1.29, 1.82) is 0 Å². The molecule has 6 atom stereocenters. The highest BCUT2D eigenvalue weighted by molar-refractivity contribution is 5.70. The third kappa shape index (κ3) is 27.8. The number of carbonyl (C=O) groups excluding carboxylic acids is 2. The van der Waals surface area contributed by atoms with Gasteiger partial charge in [0.25, 0.3) is 0 Å². The van der Waals surface area contributed by atoms with Crippen LogP contribution >= 0.6 is 0 Å². The summed E-state index contributed by atoms with van der Waals surface area (Å²) in [6.07, 6.45) is 33.9. The second-order valence-electron chi connectivity index (χ2n) is 14.8. The molecule has 10 nitrogen and oxygen atoms in total. The molecule has 2 unspecified atom stereocenters. The summed E-state index contributed by atoms with van der Waals surface area (Å²) >= 11 is 0. The molecule has 4 N–H and O–H groups in total. The minimum atomic E-state index is -1.60. The molecule has 1 aliphatic heterocycles. The molecule has 0 aromatic rings. The summed E-state index contributed by atoms with van der Waals surface area (Å²) in [5.41, 5.74) is 0. The molecule has 0 aliphatic carbocycles. The van der Waals surface area contributed by atoms with E-state index < -0.39 is 55.4 Å². The summed E-state index contributed by atoms with van der Waals surface area (Å²) in [6.45, 7) is 3.33. The van der Waals surface area contributed by atoms with Gasteiger partial charge in [-0.05, 0) is 70.6 Å². The predicted molar refractivity (Wildman–Crippen MR) is 219 cm³/mol. The van der Waals surface area contributed by atoms with Crippen molar-refractivity contribution in [2.75, 3.05) is 19.8 Å². The first kappa shape index (κ1) is 50.7. The standard InChI is InChI=1S/C45H78O10/c1-3-5-7-9-11-13-15-17-19-21-23-25-27-29-31-33-40(47)52-36-38(37-53-45-44(51)43(50)42(49)39(35-46)55-45)54-41(48)34-32-30-28-26-24-22-20-18-16-14-12-10-8-6-4-2/h11,13-14,16-20,38-39,42-46,49-51H,3-10,12,15,21-37H2,1-2H3/b13-11+,16-14+,19-17+,20-18+/t38-,39-,42+,43?,44?,45-/m0/s1. The zero-order chi connectivity index (χ0) is 40.2. The lowest BCUT2D eigenvalue weighted by Crippen LogP contribution is -2.59. The van der Waals surface area contributed by atoms with E-state index in [2.05, 4.69) is 62.5 Å². The Balaban J connectivity index is 2.38. The normalized spacial score (nSPS) is 21.0. The van der Waals surface area contributed by atoms with Crippen molar-refractivity contribution in [2.45, 2.75) is 205 Å². The van der Waals surface area contributed by atoms with Gasteiger partial charge in [0, 0.05) is 12.8 Å². The van der Waals surface area contributed by atoms with Gasteiger partial charge < -0.3 is 39.4 Å². The number of rotatable bonds is 35. The quantitative estimate of drug-likeness (QED) is 0.0213. The van der Waals surface area contributed by atoms with Crippen molar-refractivity contribution in [3.05, 3.63) is 48.6 Å². The molecule has 1 aliphatic rings. The lowest BCUT2D eigenvalue weighted by molar-refractivity contribution is -0.305. The second kappa shape index (κ2) is 36.0. The zero-order valence-electron chi connectivity index (χ0n) is 34.4. The van der Waals surface area contributed by atoms with Gasteiger partial charge in [0.05, 0.1) is 13.2 Å². The molecule has 0 saturated carbocycles. The van der Waals surface area contributed by atoms with Crippen molar-refractivity contribution in [3.63, 3.8) is 0 Å². The molecule has 10 heteroatoms. The maximum Gasteiger partial charge on any atom is 0.306 e. The number of aliphatic hydroxyl groups is 4. The minimum Gasteiger partial charge on any atom is -0.462 e. The van der Waals surface area contributed by atoms with Crippen LogP contribution in [-0.4, -0.2) is 89.0 Å². The molecule has 1 rings (SSSR count). The van der Waals surface area contributed by atoms with E-state index in [0.29, 0.717) is 12.8 Å². The van der Waals surface area contributed by atoms with Gasteiger partial charge in [-0.3, -0.25) is 9.59 Å². The van der Waals surface area contributed by atoms with E-state index in [1.54, 1.807) is 0 Å². The predicted octanol–water partition coefficient (Wildman–Crippen LogP) is 8.88. The van der Waals surface area contributed by atoms with Crippen LogP contribution in [0.2, 0.25) is 0 Å². The Hall–Kier alpha value is -2.34. The second-order valence-corrected chi connectivity index (χ2v) is 14.8. The Kier molecular flexibility index (Phi) is 33.2. The summed E-state index contributed by atoms with van der Waals surface area (Å²) in [5, 5.41) is 40.0. The summed E-state index contributed by atoms with van der Waals surface area (Å²) in [7, 11) is 0. The number of hydrogen-bond acceptors (Lipinski definition) is 10. The van der Waals surface area contributed by atoms with E-state index in [1.165, 1.54) is 51.4 Å². The fourth-order valence-corrected chi connectivity index (χ4v) is 6.21. The van der Waals surface area contributed by atoms with Crippen LogP contribution in [0.3, 0.4) is 0 Å². The van der Waals surface area contributed by atoms with Crippen molar-refractivity contribution in [1.82, 2.24) is 0 Å². The maximum atomic E-state index is 12.7. The van der Waals surface area contributed by atoms with Gasteiger partial charge in [0.1, 0.15) is 31.0 Å². The molecular weight excluding hydrogens is 700 g/mol. The van der Waals surface area contributed by atoms with Crippen molar-refractivity contribution >= 4 is 11.9 Å². The first-order valence-corrected chi connectivity index (χ1v) is 21.7. The summed E-state index contributed by atoms with van der Waals surface area (Å²) in [5.74, 6) is -0.843. The first-order chi connectivity index (χ1) is 26.8. The highest BCUT2D eigenvalue weighted by atomic mass is 16.7. The third-order valence-corrected chi connectivity index (χ3v) is 9.71. The summed E-state index contributed by atoms with van der Waals surface area (Å²) in [6, 6.07) is 0. The molecule has 1 fully saturated rings. The minimum absolute atomic E-state index is 0.208. The largest absolute Gasteiger partial charge is 0.462 e. The lowest BCUT2D eigenvalue weighted by Gasteiger charge is -2.39. The third-order valence-electron chi connectivity index (χ3n) is 9.71. The summed E-state index contributed by atoms with van der Waals surface area (Å²) < 4.78 is 22.1. The van der Waals surface area contributed by atoms with Gasteiger partial charge in [-0.25, -0.2) is 0 Å². The first-order valence-electron chi connectivity index (χ1n) is 21.7. The monoisotopic (exact) mass is 779 g/mol. The van der Waals surface area contributed by atoms with E-state index in [1.807, 2.05) is 0 Å². The van der Waals surface area contributed by atoms with E-state index in [0.717, 1.165) is 77.0 Å². The lowest BCUT2D eigenvalue weighted by atomic mass is 9.99. The summed E-state index contributed by atoms with van der Waals surface area (Å²) in [4.78, 5) is 25.3. The Morgan fingerprint density at radius 1 is 0.582 bits per heavy atom. The van der Waals surface area contributed by atoms with Gasteiger partial charge in [-0.15, -0.1) is 0 Å². The molecule has 1 heterocycles. The van der Waals surface area contributed by atoms with E-state index in [-0.39, 0.29) is 26.1 Å². The van der Waals surface area contributed by atoms with Crippen molar-refractivity contribution in [3.8, 4) is 0 Å². The number of esters is 2. The van der Waals surface area contributed by atoms with E-state index in [4.69, 9.17) is 18.9 Å². The van der Waals surface area contributed by atoms with Crippen LogP contribution in [0.4, 0.5) is 0 Å². The highest BCUT2D eigenvalue weighted by Gasteiger charge is 2.44. The Bertz CT molecular complexity index is 1040. The molecule has 0 bridgehead atoms. The number of ether oxygens (including phenoxy) is 4. The number of unbranched alkanes of at least 4 members (excludes halogenated alkanes) is 17. The average molecular weight is 779 g/mol. The molecule has 0 amide bonds. The maximum absolute atomic E-state index is 12.7. The van der Waals surface area contributed by atoms with Crippen molar-refractivity contribution < 1.29 is 49.0 Å². The van der Waals surface area contributed by atoms with Crippen LogP contribution in [-0.2, 0) is 28.5 Å². The Morgan fingerprint density at radius 2 is 1.07 bits per heavy atom. The van der Waals surface area contributed by atoms with Gasteiger partial charge in [-0.1, -0.05) is 133 Å². The Morgan fingerprint density at radius 3 is 1.65 bits per heavy atom. The number of carbonyl (C=O) groups is 2. The van der Waals surface area contributed by atoms with E-state index >= 15 is 0 Å². The number of allylic oxidation sites excluding steroid dienone is 8. The fraction of sp³-hybridized carbons (Fsp3) is 0.778. The average Bonchev–Trinajstić information content (AvgIpc) is 3.18. The van der Waals surface area contributed by atoms with Gasteiger partial charge in [0.15, 0.2) is 12.4 Å². The smallest absolute Gasteiger partial charge is 0.306 e. The Labute approximate surface area is 333 Å². The number of hydrogen-bond donors (Lipinski definition) is 4. The number of aliphatic hydroxyl groups excluding tert-OH is 4. The molecule has 1 saturated heterocycles. The van der Waals surface area contributed by atoms with Crippen LogP contribution < -0.4 is 0 Å². The zero-order valence-corrected chi connectivity index (χ0v) is 34.4. The topological polar surface area (TPSA) is 152 Å². The molecule has 0 spiro atoms. The molecular formula is C45H78O10. The van der Waals surface area contributed by atoms with Crippen LogP contribution in [0.1, 0.15) is 168 Å².